The molecular formula is C34H35Cl2N7O3. The van der Waals surface area contributed by atoms with Crippen molar-refractivity contribution in [2.24, 2.45) is 0 Å². The summed E-state index contributed by atoms with van der Waals surface area (Å²) < 4.78 is 7.39. The molecule has 3 N–H and O–H groups in total. The summed E-state index contributed by atoms with van der Waals surface area (Å²) in [6.07, 6.45) is 3.30. The summed E-state index contributed by atoms with van der Waals surface area (Å²) in [4.78, 5) is 22.9. The summed E-state index contributed by atoms with van der Waals surface area (Å²) in [5, 5.41) is 21.4. The summed E-state index contributed by atoms with van der Waals surface area (Å²) in [5.41, 5.74) is 6.94. The number of hydrogen-bond donors (Lipinski definition) is 3. The Morgan fingerprint density at radius 2 is 1.70 bits per heavy atom. The van der Waals surface area contributed by atoms with Crippen molar-refractivity contribution >= 4 is 34.8 Å². The number of amides is 1. The van der Waals surface area contributed by atoms with Crippen LogP contribution >= 0.6 is 23.2 Å². The Morgan fingerprint density at radius 3 is 2.37 bits per heavy atom. The number of aliphatic hydroxyl groups excluding tert-OH is 1. The number of fused-ring (bicyclic) bond motifs is 1. The first-order valence-electron chi connectivity index (χ1n) is 15.1. The Morgan fingerprint density at radius 1 is 1.00 bits per heavy atom. The average molecular weight is 661 g/mol. The quantitative estimate of drug-likeness (QED) is 0.167. The molecule has 0 aliphatic carbocycles. The van der Waals surface area contributed by atoms with Gasteiger partial charge in [0.1, 0.15) is 0 Å². The highest BCUT2D eigenvalue weighted by molar-refractivity contribution is 6.39. The maximum atomic E-state index is 11.5. The van der Waals surface area contributed by atoms with E-state index in [2.05, 4.69) is 15.6 Å². The molecular weight excluding hydrogens is 625 g/mol. The van der Waals surface area contributed by atoms with Gasteiger partial charge >= 0.3 is 0 Å². The predicted octanol–water partition coefficient (Wildman–Crippen LogP) is 5.23. The Bertz CT molecular complexity index is 1880. The molecule has 10 nitrogen and oxygen atoms in total. The number of carbonyl (C=O) groups excluding carboxylic acids is 1. The van der Waals surface area contributed by atoms with Crippen LogP contribution in [-0.4, -0.2) is 75.4 Å². The van der Waals surface area contributed by atoms with Crippen LogP contribution in [0.1, 0.15) is 24.1 Å². The predicted molar refractivity (Wildman–Crippen MR) is 180 cm³/mol. The van der Waals surface area contributed by atoms with Crippen molar-refractivity contribution in [3.05, 3.63) is 88.2 Å². The third kappa shape index (κ3) is 6.86. The molecule has 1 atom stereocenters. The standard InChI is InChI=1S/C34H35Cl2N7O3/c1-42(15-16-44)19-23-20-43-30(38-23)13-12-29(41-43)27-8-4-6-25(33(27)36)24-5-3-7-26(32(24)35)28-11-9-21(34(40-28)46-2)17-37-18-22-10-14-31(45)39-22/h3-9,11-13,20,22,37,44H,10,14-19H2,1-2H3,(H,39,45). The van der Waals surface area contributed by atoms with Gasteiger partial charge in [0.2, 0.25) is 11.8 Å². The number of aliphatic hydroxyl groups is 1. The molecule has 1 aliphatic heterocycles. The van der Waals surface area contributed by atoms with Crippen molar-refractivity contribution in [3.63, 3.8) is 0 Å². The number of pyridine rings is 1. The van der Waals surface area contributed by atoms with Crippen LogP contribution in [0.2, 0.25) is 10.0 Å². The molecule has 46 heavy (non-hydrogen) atoms. The summed E-state index contributed by atoms with van der Waals surface area (Å²) >= 11 is 14.1. The molecule has 6 rings (SSSR count). The van der Waals surface area contributed by atoms with E-state index in [1.807, 2.05) is 78.8 Å². The van der Waals surface area contributed by atoms with Gasteiger partial charge < -0.3 is 20.5 Å². The molecule has 3 aromatic heterocycles. The molecule has 5 aromatic rings. The highest BCUT2D eigenvalue weighted by Crippen LogP contribution is 2.42. The van der Waals surface area contributed by atoms with Crippen LogP contribution in [0.15, 0.2) is 66.9 Å². The van der Waals surface area contributed by atoms with E-state index in [1.54, 1.807) is 11.6 Å². The zero-order valence-electron chi connectivity index (χ0n) is 25.6. The Labute approximate surface area is 277 Å². The van der Waals surface area contributed by atoms with E-state index in [0.717, 1.165) is 45.6 Å². The fourth-order valence-corrected chi connectivity index (χ4v) is 6.34. The molecule has 4 heterocycles. The number of nitrogens with zero attached hydrogens (tertiary/aromatic N) is 5. The van der Waals surface area contributed by atoms with E-state index in [-0.39, 0.29) is 18.6 Å². The van der Waals surface area contributed by atoms with Gasteiger partial charge in [-0.05, 0) is 31.7 Å². The SMILES string of the molecule is COc1nc(-c2cccc(-c3cccc(-c4ccc5nc(CN(C)CCO)cn5n4)c3Cl)c2Cl)ccc1CNCC1CCC(=O)N1. The number of nitrogens with one attached hydrogen (secondary N) is 2. The molecule has 0 saturated carbocycles. The number of rotatable bonds is 12. The molecule has 0 bridgehead atoms. The lowest BCUT2D eigenvalue weighted by Gasteiger charge is -2.15. The molecule has 1 fully saturated rings. The minimum absolute atomic E-state index is 0.0901. The highest BCUT2D eigenvalue weighted by Gasteiger charge is 2.21. The van der Waals surface area contributed by atoms with Crippen molar-refractivity contribution < 1.29 is 14.6 Å². The van der Waals surface area contributed by atoms with Gasteiger partial charge in [-0.15, -0.1) is 0 Å². The maximum absolute atomic E-state index is 11.5. The minimum Gasteiger partial charge on any atom is -0.481 e. The number of likely N-dealkylation sites (N-methyl/N-ethyl adjacent to an activating group) is 1. The van der Waals surface area contributed by atoms with Gasteiger partial charge in [-0.25, -0.2) is 14.5 Å². The van der Waals surface area contributed by atoms with Crippen molar-refractivity contribution in [2.75, 3.05) is 33.9 Å². The number of ether oxygens (including phenoxy) is 1. The van der Waals surface area contributed by atoms with E-state index < -0.39 is 0 Å². The number of hydrogen-bond acceptors (Lipinski definition) is 8. The monoisotopic (exact) mass is 659 g/mol. The zero-order chi connectivity index (χ0) is 32.2. The van der Waals surface area contributed by atoms with Crippen LogP contribution < -0.4 is 15.4 Å². The summed E-state index contributed by atoms with van der Waals surface area (Å²) in [6.45, 7) is 2.49. The van der Waals surface area contributed by atoms with Crippen LogP contribution in [0, 0.1) is 0 Å². The van der Waals surface area contributed by atoms with Gasteiger partial charge in [0.05, 0.1) is 47.0 Å². The lowest BCUT2D eigenvalue weighted by Crippen LogP contribution is -2.35. The van der Waals surface area contributed by atoms with Gasteiger partial charge in [0, 0.05) is 66.5 Å². The van der Waals surface area contributed by atoms with Crippen LogP contribution in [0.25, 0.3) is 39.3 Å². The van der Waals surface area contributed by atoms with E-state index in [9.17, 15) is 9.90 Å². The first-order chi connectivity index (χ1) is 22.3. The third-order valence-corrected chi connectivity index (χ3v) is 8.86. The topological polar surface area (TPSA) is 117 Å². The van der Waals surface area contributed by atoms with Gasteiger partial charge in [0.25, 0.3) is 0 Å². The Balaban J connectivity index is 1.25. The molecule has 1 unspecified atom stereocenters. The van der Waals surface area contributed by atoms with Gasteiger partial charge in [-0.1, -0.05) is 65.7 Å². The first kappa shape index (κ1) is 31.9. The molecule has 0 spiro atoms. The van der Waals surface area contributed by atoms with Gasteiger partial charge in [-0.2, -0.15) is 5.10 Å². The lowest BCUT2D eigenvalue weighted by molar-refractivity contribution is -0.119. The fraction of sp³-hybridized carbons (Fsp3) is 0.294. The van der Waals surface area contributed by atoms with Crippen molar-refractivity contribution in [1.82, 2.24) is 35.1 Å². The lowest BCUT2D eigenvalue weighted by atomic mass is 9.98. The van der Waals surface area contributed by atoms with Crippen molar-refractivity contribution in [2.45, 2.75) is 32.0 Å². The summed E-state index contributed by atoms with van der Waals surface area (Å²) in [7, 11) is 3.54. The summed E-state index contributed by atoms with van der Waals surface area (Å²) in [6, 6.07) is 19.5. The molecule has 2 aromatic carbocycles. The number of imidazole rings is 1. The van der Waals surface area contributed by atoms with E-state index in [0.29, 0.717) is 59.9 Å². The number of benzene rings is 2. The largest absolute Gasteiger partial charge is 0.481 e. The minimum atomic E-state index is 0.0901. The maximum Gasteiger partial charge on any atom is 0.220 e. The second kappa shape index (κ2) is 14.1. The highest BCUT2D eigenvalue weighted by atomic mass is 35.5. The Kier molecular flexibility index (Phi) is 9.81. The molecule has 1 amide bonds. The summed E-state index contributed by atoms with van der Waals surface area (Å²) in [5.74, 6) is 0.606. The number of methoxy groups -OCH3 is 1. The normalized spacial score (nSPS) is 14.7. The number of carbonyl (C=O) groups is 1. The first-order valence-corrected chi connectivity index (χ1v) is 15.9. The van der Waals surface area contributed by atoms with E-state index in [4.69, 9.17) is 38.0 Å². The zero-order valence-corrected chi connectivity index (χ0v) is 27.1. The second-order valence-corrected chi connectivity index (χ2v) is 12.1. The van der Waals surface area contributed by atoms with Crippen LogP contribution in [0.3, 0.4) is 0 Å². The third-order valence-electron chi connectivity index (χ3n) is 8.05. The van der Waals surface area contributed by atoms with E-state index in [1.165, 1.54) is 0 Å². The van der Waals surface area contributed by atoms with E-state index >= 15 is 0 Å². The molecule has 1 saturated heterocycles. The second-order valence-electron chi connectivity index (χ2n) is 11.3. The van der Waals surface area contributed by atoms with Gasteiger partial charge in [0.15, 0.2) is 5.65 Å². The van der Waals surface area contributed by atoms with Crippen LogP contribution in [-0.2, 0) is 17.9 Å². The molecule has 0 radical (unpaired) electrons. The van der Waals surface area contributed by atoms with Gasteiger partial charge in [-0.3, -0.25) is 9.69 Å². The smallest absolute Gasteiger partial charge is 0.220 e. The molecule has 238 valence electrons. The number of halogens is 2. The van der Waals surface area contributed by atoms with Crippen molar-refractivity contribution in [1.29, 1.82) is 0 Å². The fourth-order valence-electron chi connectivity index (χ4n) is 5.69. The number of aromatic nitrogens is 4. The molecule has 1 aliphatic rings. The van der Waals surface area contributed by atoms with Crippen LogP contribution in [0.5, 0.6) is 5.88 Å². The molecule has 12 heteroatoms. The van der Waals surface area contributed by atoms with Crippen molar-refractivity contribution in [3.8, 4) is 39.5 Å². The van der Waals surface area contributed by atoms with Crippen LogP contribution in [0.4, 0.5) is 0 Å². The average Bonchev–Trinajstić information content (AvgIpc) is 3.66. The Hall–Kier alpha value is -4.06.